The number of rotatable bonds is 14. The fourth-order valence-corrected chi connectivity index (χ4v) is 3.97. The molecule has 1 aliphatic carbocycles. The van der Waals surface area contributed by atoms with Crippen LogP contribution in [-0.4, -0.2) is 30.3 Å². The topological polar surface area (TPSA) is 60.4 Å². The molecule has 0 aliphatic heterocycles. The standard InChI is InChI=1S/C23H37FO4/c1-4-28-23(27)22(24)21(26)14-10-9-13-19-18(15-16-20(19)25)12-8-6-5-7-11-17(2)3/h11,18-19,22H,4-10,12-16H2,1-3H3/t18-,19+,22?/m0/s1. The summed E-state index contributed by atoms with van der Waals surface area (Å²) in [6.07, 6.45) is 9.54. The lowest BCUT2D eigenvalue weighted by Gasteiger charge is -2.18. The van der Waals surface area contributed by atoms with E-state index in [-0.39, 0.29) is 18.9 Å². The quantitative estimate of drug-likeness (QED) is 0.168. The summed E-state index contributed by atoms with van der Waals surface area (Å²) in [6, 6.07) is 0. The largest absolute Gasteiger partial charge is 0.463 e. The zero-order valence-corrected chi connectivity index (χ0v) is 17.8. The molecule has 3 atom stereocenters. The number of unbranched alkanes of at least 4 members (excludes halogenated alkanes) is 4. The van der Waals surface area contributed by atoms with E-state index < -0.39 is 17.9 Å². The molecule has 1 unspecified atom stereocenters. The molecule has 1 aliphatic rings. The zero-order valence-electron chi connectivity index (χ0n) is 17.8. The molecule has 0 bridgehead atoms. The smallest absolute Gasteiger partial charge is 0.348 e. The average molecular weight is 397 g/mol. The Hall–Kier alpha value is -1.52. The number of hydrogen-bond donors (Lipinski definition) is 0. The molecule has 0 aromatic heterocycles. The highest BCUT2D eigenvalue weighted by molar-refractivity contribution is 6.01. The van der Waals surface area contributed by atoms with Gasteiger partial charge in [-0.1, -0.05) is 30.9 Å². The molecule has 1 rings (SSSR count). The Bertz CT molecular complexity index is 537. The minimum Gasteiger partial charge on any atom is -0.463 e. The normalized spacial score (nSPS) is 20.1. The van der Waals surface area contributed by atoms with E-state index in [0.717, 1.165) is 38.5 Å². The molecule has 0 spiro atoms. The number of halogens is 1. The van der Waals surface area contributed by atoms with Gasteiger partial charge in [-0.25, -0.2) is 9.18 Å². The first kappa shape index (κ1) is 24.5. The van der Waals surface area contributed by atoms with Crippen LogP contribution >= 0.6 is 0 Å². The van der Waals surface area contributed by atoms with Gasteiger partial charge in [-0.15, -0.1) is 0 Å². The van der Waals surface area contributed by atoms with Gasteiger partial charge in [0.2, 0.25) is 0 Å². The third kappa shape index (κ3) is 9.11. The van der Waals surface area contributed by atoms with Crippen molar-refractivity contribution in [2.75, 3.05) is 6.61 Å². The summed E-state index contributed by atoms with van der Waals surface area (Å²) in [5.41, 5.74) is 1.36. The summed E-state index contributed by atoms with van der Waals surface area (Å²) in [7, 11) is 0. The Kier molecular flexibility index (Phi) is 11.9. The van der Waals surface area contributed by atoms with Crippen molar-refractivity contribution in [2.45, 2.75) is 97.6 Å². The number of carbonyl (C=O) groups is 3. The fraction of sp³-hybridized carbons (Fsp3) is 0.783. The molecule has 0 aromatic rings. The Morgan fingerprint density at radius 3 is 2.54 bits per heavy atom. The lowest BCUT2D eigenvalue weighted by molar-refractivity contribution is -0.152. The predicted molar refractivity (Wildman–Crippen MR) is 109 cm³/mol. The summed E-state index contributed by atoms with van der Waals surface area (Å²) in [5.74, 6) is -0.915. The van der Waals surface area contributed by atoms with Gasteiger partial charge in [-0.2, -0.15) is 0 Å². The van der Waals surface area contributed by atoms with Crippen molar-refractivity contribution in [2.24, 2.45) is 11.8 Å². The van der Waals surface area contributed by atoms with Crippen molar-refractivity contribution in [1.82, 2.24) is 0 Å². The van der Waals surface area contributed by atoms with Gasteiger partial charge in [-0.3, -0.25) is 9.59 Å². The number of hydrogen-bond acceptors (Lipinski definition) is 4. The van der Waals surface area contributed by atoms with Gasteiger partial charge in [0.15, 0.2) is 5.78 Å². The molecule has 0 amide bonds. The monoisotopic (exact) mass is 396 g/mol. The maximum atomic E-state index is 13.6. The second kappa shape index (κ2) is 13.6. The SMILES string of the molecule is CCOC(=O)C(F)C(=O)CCCC[C@H]1C(=O)CC[C@@H]1CCCCCC=C(C)C. The van der Waals surface area contributed by atoms with Crippen molar-refractivity contribution in [3.05, 3.63) is 11.6 Å². The number of Topliss-reactive ketones (excluding diaryl/α,β-unsaturated/α-hetero) is 2. The molecule has 1 fully saturated rings. The van der Waals surface area contributed by atoms with E-state index in [4.69, 9.17) is 0 Å². The summed E-state index contributed by atoms with van der Waals surface area (Å²) < 4.78 is 18.2. The maximum absolute atomic E-state index is 13.6. The van der Waals surface area contributed by atoms with Gasteiger partial charge in [0.05, 0.1) is 6.61 Å². The van der Waals surface area contributed by atoms with E-state index >= 15 is 0 Å². The van der Waals surface area contributed by atoms with Crippen LogP contribution in [-0.2, 0) is 19.1 Å². The molecule has 0 aromatic carbocycles. The van der Waals surface area contributed by atoms with Crippen LogP contribution in [0.25, 0.3) is 0 Å². The molecule has 28 heavy (non-hydrogen) atoms. The van der Waals surface area contributed by atoms with Gasteiger partial charge in [0.1, 0.15) is 5.78 Å². The zero-order chi connectivity index (χ0) is 20.9. The Morgan fingerprint density at radius 1 is 1.14 bits per heavy atom. The van der Waals surface area contributed by atoms with Crippen molar-refractivity contribution >= 4 is 17.5 Å². The molecule has 4 nitrogen and oxygen atoms in total. The van der Waals surface area contributed by atoms with E-state index in [1.54, 1.807) is 6.92 Å². The Balaban J connectivity index is 2.25. The highest BCUT2D eigenvalue weighted by Crippen LogP contribution is 2.36. The third-order valence-electron chi connectivity index (χ3n) is 5.54. The summed E-state index contributed by atoms with van der Waals surface area (Å²) in [6.45, 7) is 5.87. The lowest BCUT2D eigenvalue weighted by atomic mass is 9.86. The van der Waals surface area contributed by atoms with Crippen LogP contribution in [0.4, 0.5) is 4.39 Å². The number of ether oxygens (including phenoxy) is 1. The Morgan fingerprint density at radius 2 is 1.86 bits per heavy atom. The second-order valence-corrected chi connectivity index (χ2v) is 8.12. The van der Waals surface area contributed by atoms with Crippen molar-refractivity contribution in [1.29, 1.82) is 0 Å². The van der Waals surface area contributed by atoms with Gasteiger partial charge in [0, 0.05) is 18.8 Å². The van der Waals surface area contributed by atoms with E-state index in [1.165, 1.54) is 18.4 Å². The minimum atomic E-state index is -2.17. The summed E-state index contributed by atoms with van der Waals surface area (Å²) in [5, 5.41) is 0. The van der Waals surface area contributed by atoms with Crippen LogP contribution in [0, 0.1) is 11.8 Å². The second-order valence-electron chi connectivity index (χ2n) is 8.12. The first-order valence-electron chi connectivity index (χ1n) is 10.9. The number of allylic oxidation sites excluding steroid dienone is 2. The number of esters is 1. The van der Waals surface area contributed by atoms with Crippen LogP contribution in [0.3, 0.4) is 0 Å². The predicted octanol–water partition coefficient (Wildman–Crippen LogP) is 5.53. The molecule has 5 heteroatoms. The molecular weight excluding hydrogens is 359 g/mol. The van der Waals surface area contributed by atoms with Crippen LogP contribution in [0.15, 0.2) is 11.6 Å². The van der Waals surface area contributed by atoms with Crippen LogP contribution in [0.2, 0.25) is 0 Å². The van der Waals surface area contributed by atoms with Crippen molar-refractivity contribution in [3.63, 3.8) is 0 Å². The number of ketones is 2. The number of carbonyl (C=O) groups excluding carboxylic acids is 3. The molecule has 0 saturated heterocycles. The highest BCUT2D eigenvalue weighted by Gasteiger charge is 2.33. The summed E-state index contributed by atoms with van der Waals surface area (Å²) >= 11 is 0. The van der Waals surface area contributed by atoms with E-state index in [1.807, 2.05) is 0 Å². The minimum absolute atomic E-state index is 0.0237. The Labute approximate surface area is 169 Å². The molecule has 160 valence electrons. The van der Waals surface area contributed by atoms with Crippen LogP contribution in [0.1, 0.15) is 91.4 Å². The van der Waals surface area contributed by atoms with Gasteiger partial charge < -0.3 is 4.74 Å². The lowest BCUT2D eigenvalue weighted by Crippen LogP contribution is -2.27. The number of alkyl halides is 1. The van der Waals surface area contributed by atoms with Crippen molar-refractivity contribution < 1.29 is 23.5 Å². The van der Waals surface area contributed by atoms with Gasteiger partial charge in [0.25, 0.3) is 6.17 Å². The van der Waals surface area contributed by atoms with Crippen LogP contribution < -0.4 is 0 Å². The third-order valence-corrected chi connectivity index (χ3v) is 5.54. The van der Waals surface area contributed by atoms with Gasteiger partial charge >= 0.3 is 5.97 Å². The highest BCUT2D eigenvalue weighted by atomic mass is 19.1. The molecule has 1 saturated carbocycles. The molecule has 0 heterocycles. The molecule has 0 radical (unpaired) electrons. The summed E-state index contributed by atoms with van der Waals surface area (Å²) in [4.78, 5) is 35.1. The fourth-order valence-electron chi connectivity index (χ4n) is 3.97. The van der Waals surface area contributed by atoms with Gasteiger partial charge in [-0.05, 0) is 65.2 Å². The van der Waals surface area contributed by atoms with E-state index in [9.17, 15) is 18.8 Å². The first-order chi connectivity index (χ1) is 13.4. The average Bonchev–Trinajstić information content (AvgIpc) is 3.00. The first-order valence-corrected chi connectivity index (χ1v) is 10.9. The van der Waals surface area contributed by atoms with Crippen LogP contribution in [0.5, 0.6) is 0 Å². The van der Waals surface area contributed by atoms with E-state index in [2.05, 4.69) is 24.7 Å². The molecular formula is C23H37FO4. The van der Waals surface area contributed by atoms with Crippen molar-refractivity contribution in [3.8, 4) is 0 Å². The molecule has 0 N–H and O–H groups in total. The van der Waals surface area contributed by atoms with E-state index in [0.29, 0.717) is 24.5 Å². The maximum Gasteiger partial charge on any atom is 0.348 e.